The molecule has 0 aliphatic rings. The Labute approximate surface area is 69.0 Å². The topological polar surface area (TPSA) is 22.1 Å². The van der Waals surface area contributed by atoms with Gasteiger partial charge in [-0.2, -0.15) is 0 Å². The average Bonchev–Trinajstić information content (AvgIpc) is 2.01. The smallest absolute Gasteiger partial charge is 0.214 e. The molecule has 0 saturated carbocycles. The van der Waals surface area contributed by atoms with Crippen molar-refractivity contribution in [3.05, 3.63) is 22.8 Å². The molecule has 3 heteroatoms. The molecular formula is C7H8ClNO. The number of aromatic nitrogens is 1. The quantitative estimate of drug-likeness (QED) is 0.587. The van der Waals surface area contributed by atoms with Crippen LogP contribution in [0.4, 0.5) is 0 Å². The molecule has 0 N–H and O–H groups in total. The molecule has 0 aliphatic heterocycles. The molecule has 0 amide bonds. The van der Waals surface area contributed by atoms with Crippen LogP contribution < -0.4 is 4.74 Å². The zero-order valence-corrected chi connectivity index (χ0v) is 6.14. The normalized spacial score (nSPS) is 15.2. The first-order valence-corrected chi connectivity index (χ1v) is 3.03. The van der Waals surface area contributed by atoms with Crippen LogP contribution >= 0.6 is 11.6 Å². The summed E-state index contributed by atoms with van der Waals surface area (Å²) in [5, 5.41) is 0.116. The standard InChI is InChI=1S/C7H8ClNO/c1-5-3-6(8)9-7(4-5)10-2/h3-4H,1-2H3/i1D3. The van der Waals surface area contributed by atoms with Gasteiger partial charge in [0.05, 0.1) is 7.11 Å². The van der Waals surface area contributed by atoms with Gasteiger partial charge in [-0.05, 0) is 18.5 Å². The van der Waals surface area contributed by atoms with E-state index < -0.39 is 6.85 Å². The number of pyridine rings is 1. The van der Waals surface area contributed by atoms with Crippen molar-refractivity contribution < 1.29 is 8.85 Å². The number of methoxy groups -OCH3 is 1. The monoisotopic (exact) mass is 160 g/mol. The van der Waals surface area contributed by atoms with E-state index >= 15 is 0 Å². The summed E-state index contributed by atoms with van der Waals surface area (Å²) in [6.07, 6.45) is 0. The van der Waals surface area contributed by atoms with Gasteiger partial charge in [-0.25, -0.2) is 4.98 Å². The SMILES string of the molecule is [2H]C([2H])([2H])c1cc(Cl)nc(OC)c1. The second-order valence-corrected chi connectivity index (χ2v) is 2.11. The maximum Gasteiger partial charge on any atom is 0.214 e. The van der Waals surface area contributed by atoms with E-state index in [0.29, 0.717) is 0 Å². The Kier molecular flexibility index (Phi) is 1.21. The first-order valence-electron chi connectivity index (χ1n) is 4.15. The lowest BCUT2D eigenvalue weighted by molar-refractivity contribution is 0.397. The van der Waals surface area contributed by atoms with E-state index in [4.69, 9.17) is 20.5 Å². The molecule has 0 saturated heterocycles. The average molecular weight is 161 g/mol. The summed E-state index contributed by atoms with van der Waals surface area (Å²) in [6.45, 7) is -2.18. The molecule has 1 aromatic heterocycles. The Balaban J connectivity index is 3.16. The number of hydrogen-bond acceptors (Lipinski definition) is 2. The van der Waals surface area contributed by atoms with E-state index in [1.807, 2.05) is 0 Å². The van der Waals surface area contributed by atoms with Crippen LogP contribution in [0.15, 0.2) is 12.1 Å². The van der Waals surface area contributed by atoms with Crippen LogP contribution in [-0.4, -0.2) is 12.1 Å². The van der Waals surface area contributed by atoms with Gasteiger partial charge < -0.3 is 4.74 Å². The molecule has 1 heterocycles. The fraction of sp³-hybridized carbons (Fsp3) is 0.286. The summed E-state index contributed by atoms with van der Waals surface area (Å²) in [4.78, 5) is 3.76. The third-order valence-electron chi connectivity index (χ3n) is 0.980. The maximum absolute atomic E-state index is 7.13. The molecule has 10 heavy (non-hydrogen) atoms. The van der Waals surface area contributed by atoms with Crippen LogP contribution in [0.2, 0.25) is 5.15 Å². The maximum atomic E-state index is 7.13. The van der Waals surface area contributed by atoms with Gasteiger partial charge in [-0.15, -0.1) is 0 Å². The molecule has 0 radical (unpaired) electrons. The molecule has 1 rings (SSSR count). The molecule has 0 atom stereocenters. The van der Waals surface area contributed by atoms with Crippen molar-refractivity contribution in [2.24, 2.45) is 0 Å². The highest BCUT2D eigenvalue weighted by Crippen LogP contribution is 2.14. The molecule has 0 unspecified atom stereocenters. The van der Waals surface area contributed by atoms with Gasteiger partial charge in [0.2, 0.25) is 5.88 Å². The van der Waals surface area contributed by atoms with Crippen LogP contribution in [0.5, 0.6) is 5.88 Å². The minimum Gasteiger partial charge on any atom is -0.481 e. The zero-order chi connectivity index (χ0) is 10.1. The van der Waals surface area contributed by atoms with Gasteiger partial charge >= 0.3 is 0 Å². The first-order chi connectivity index (χ1) is 5.93. The number of ether oxygens (including phenoxy) is 1. The summed E-state index contributed by atoms with van der Waals surface area (Å²) < 4.78 is 26.2. The zero-order valence-electron chi connectivity index (χ0n) is 8.39. The van der Waals surface area contributed by atoms with Crippen molar-refractivity contribution in [1.29, 1.82) is 0 Å². The van der Waals surface area contributed by atoms with Gasteiger partial charge in [0.25, 0.3) is 0 Å². The summed E-state index contributed by atoms with van der Waals surface area (Å²) in [6, 6.07) is 2.65. The summed E-state index contributed by atoms with van der Waals surface area (Å²) in [5.41, 5.74) is 0.129. The largest absolute Gasteiger partial charge is 0.481 e. The molecule has 54 valence electrons. The predicted molar refractivity (Wildman–Crippen MR) is 40.5 cm³/mol. The minimum atomic E-state index is -2.18. The molecule has 0 aliphatic carbocycles. The van der Waals surface area contributed by atoms with Crippen LogP contribution in [0.1, 0.15) is 9.68 Å². The third kappa shape index (κ3) is 1.61. The number of rotatable bonds is 1. The Morgan fingerprint density at radius 1 is 1.70 bits per heavy atom. The number of hydrogen-bond donors (Lipinski definition) is 0. The number of nitrogens with zero attached hydrogens (tertiary/aromatic N) is 1. The Hall–Kier alpha value is -0.760. The lowest BCUT2D eigenvalue weighted by Crippen LogP contribution is -1.87. The third-order valence-corrected chi connectivity index (χ3v) is 1.17. The van der Waals surface area contributed by atoms with Crippen LogP contribution in [-0.2, 0) is 0 Å². The van der Waals surface area contributed by atoms with Crippen molar-refractivity contribution >= 4 is 11.6 Å². The van der Waals surface area contributed by atoms with Gasteiger partial charge in [0, 0.05) is 10.2 Å². The Morgan fingerprint density at radius 3 is 3.10 bits per heavy atom. The molecule has 0 aromatic carbocycles. The van der Waals surface area contributed by atoms with Crippen molar-refractivity contribution in [3.63, 3.8) is 0 Å². The van der Waals surface area contributed by atoms with Gasteiger partial charge in [0.1, 0.15) is 5.15 Å². The predicted octanol–water partition coefficient (Wildman–Crippen LogP) is 2.05. The fourth-order valence-electron chi connectivity index (χ4n) is 0.577. The molecule has 0 bridgehead atoms. The summed E-state index contributed by atoms with van der Waals surface area (Å²) in [5.74, 6) is 0.207. The van der Waals surface area contributed by atoms with E-state index in [1.165, 1.54) is 19.2 Å². The summed E-state index contributed by atoms with van der Waals surface area (Å²) in [7, 11) is 1.40. The van der Waals surface area contributed by atoms with Crippen molar-refractivity contribution in [2.75, 3.05) is 7.11 Å². The van der Waals surface area contributed by atoms with Crippen LogP contribution in [0.3, 0.4) is 0 Å². The van der Waals surface area contributed by atoms with E-state index in [1.54, 1.807) is 0 Å². The molecule has 2 nitrogen and oxygen atoms in total. The van der Waals surface area contributed by atoms with Crippen molar-refractivity contribution in [1.82, 2.24) is 4.98 Å². The van der Waals surface area contributed by atoms with E-state index in [0.717, 1.165) is 0 Å². The first kappa shape index (κ1) is 4.19. The fourth-order valence-corrected chi connectivity index (χ4v) is 0.778. The molecule has 0 fully saturated rings. The van der Waals surface area contributed by atoms with Gasteiger partial charge in [-0.3, -0.25) is 0 Å². The van der Waals surface area contributed by atoms with Gasteiger partial charge in [0.15, 0.2) is 0 Å². The van der Waals surface area contributed by atoms with Crippen LogP contribution in [0, 0.1) is 6.85 Å². The van der Waals surface area contributed by atoms with Crippen LogP contribution in [0.25, 0.3) is 0 Å². The number of aryl methyl sites for hydroxylation is 1. The second-order valence-electron chi connectivity index (χ2n) is 1.72. The molecule has 1 aromatic rings. The lowest BCUT2D eigenvalue weighted by atomic mass is 10.3. The highest BCUT2D eigenvalue weighted by molar-refractivity contribution is 6.29. The molecule has 0 spiro atoms. The van der Waals surface area contributed by atoms with Gasteiger partial charge in [-0.1, -0.05) is 11.6 Å². The lowest BCUT2D eigenvalue weighted by Gasteiger charge is -1.99. The number of halogens is 1. The van der Waals surface area contributed by atoms with E-state index in [2.05, 4.69) is 4.98 Å². The van der Waals surface area contributed by atoms with E-state index in [9.17, 15) is 0 Å². The Bertz CT molecular complexity index is 313. The highest BCUT2D eigenvalue weighted by Gasteiger charge is 1.95. The second kappa shape index (κ2) is 2.88. The Morgan fingerprint density at radius 2 is 2.50 bits per heavy atom. The molecular weight excluding hydrogens is 150 g/mol. The van der Waals surface area contributed by atoms with Crippen molar-refractivity contribution in [2.45, 2.75) is 6.85 Å². The van der Waals surface area contributed by atoms with E-state index in [-0.39, 0.29) is 16.6 Å². The van der Waals surface area contributed by atoms with Crippen molar-refractivity contribution in [3.8, 4) is 5.88 Å². The minimum absolute atomic E-state index is 0.116. The summed E-state index contributed by atoms with van der Waals surface area (Å²) >= 11 is 5.59. The highest BCUT2D eigenvalue weighted by atomic mass is 35.5.